The average Bonchev–Trinajstić information content (AvgIpc) is 3.04. The van der Waals surface area contributed by atoms with E-state index < -0.39 is 81.9 Å². The van der Waals surface area contributed by atoms with Gasteiger partial charge in [-0.25, -0.2) is 9.59 Å². The second-order valence-corrected chi connectivity index (χ2v) is 15.8. The number of amides is 4. The van der Waals surface area contributed by atoms with Crippen LogP contribution in [0.25, 0.3) is 0 Å². The third-order valence-corrected chi connectivity index (χ3v) is 11.5. The molecule has 1 aliphatic rings. The van der Waals surface area contributed by atoms with Crippen molar-refractivity contribution in [3.8, 4) is 5.75 Å². The number of hydrogen-bond donors (Lipinski definition) is 8. The van der Waals surface area contributed by atoms with Crippen LogP contribution in [0.1, 0.15) is 38.8 Å². The molecule has 51 heavy (non-hydrogen) atoms. The number of alkyl halides is 3. The molecule has 1 heterocycles. The van der Waals surface area contributed by atoms with Gasteiger partial charge in [-0.05, 0) is 57.4 Å². The first-order chi connectivity index (χ1) is 23.5. The Bertz CT molecular complexity index is 1560. The largest absolute Gasteiger partial charge is 0.508 e. The predicted octanol–water partition coefficient (Wildman–Crippen LogP) is 1.75. The van der Waals surface area contributed by atoms with Gasteiger partial charge in [-0.1, -0.05) is 64.1 Å². The Labute approximate surface area is 299 Å². The number of aromatic hydroxyl groups is 1. The highest BCUT2D eigenvalue weighted by Crippen LogP contribution is 2.46. The molecule has 0 radical (unpaired) electrons. The maximum Gasteiger partial charge on any atom is 0.490 e. The Morgan fingerprint density at radius 2 is 1.45 bits per heavy atom. The molecule has 0 spiro atoms. The van der Waals surface area contributed by atoms with Gasteiger partial charge in [-0.3, -0.25) is 19.2 Å². The van der Waals surface area contributed by atoms with Gasteiger partial charge in [0.05, 0.1) is 17.3 Å². The highest BCUT2D eigenvalue weighted by molar-refractivity contribution is 8.77. The molecular formula is C32H40F3N5O9S2. The number of aliphatic carboxylic acids is 2. The van der Waals surface area contributed by atoms with Crippen molar-refractivity contribution in [1.82, 2.24) is 21.3 Å². The highest BCUT2D eigenvalue weighted by atomic mass is 33.1. The minimum Gasteiger partial charge on any atom is -0.508 e. The predicted molar refractivity (Wildman–Crippen MR) is 183 cm³/mol. The monoisotopic (exact) mass is 759 g/mol. The van der Waals surface area contributed by atoms with Gasteiger partial charge in [0.2, 0.25) is 23.6 Å². The summed E-state index contributed by atoms with van der Waals surface area (Å²) in [5.74, 6) is -6.57. The van der Waals surface area contributed by atoms with Crippen LogP contribution in [0.15, 0.2) is 54.6 Å². The number of carbonyl (C=O) groups excluding carboxylic acids is 4. The molecule has 9 N–H and O–H groups in total. The number of hydrogen-bond acceptors (Lipinski definition) is 10. The lowest BCUT2D eigenvalue weighted by molar-refractivity contribution is -0.192. The summed E-state index contributed by atoms with van der Waals surface area (Å²) in [7, 11) is 2.32. The van der Waals surface area contributed by atoms with Crippen molar-refractivity contribution in [1.29, 1.82) is 0 Å². The lowest BCUT2D eigenvalue weighted by Gasteiger charge is -2.38. The molecule has 1 fully saturated rings. The summed E-state index contributed by atoms with van der Waals surface area (Å²) in [4.78, 5) is 74.3. The van der Waals surface area contributed by atoms with E-state index in [-0.39, 0.29) is 18.6 Å². The first kappa shape index (κ1) is 42.7. The van der Waals surface area contributed by atoms with E-state index in [1.165, 1.54) is 22.9 Å². The quantitative estimate of drug-likeness (QED) is 0.189. The molecule has 1 saturated heterocycles. The molecule has 4 amide bonds. The van der Waals surface area contributed by atoms with E-state index in [2.05, 4.69) is 21.3 Å². The summed E-state index contributed by atoms with van der Waals surface area (Å²) in [5, 5.41) is 37.2. The number of halogens is 3. The maximum atomic E-state index is 13.5. The van der Waals surface area contributed by atoms with Gasteiger partial charge in [-0.2, -0.15) is 13.2 Å². The van der Waals surface area contributed by atoms with Crippen LogP contribution in [0.5, 0.6) is 5.75 Å². The van der Waals surface area contributed by atoms with Gasteiger partial charge in [0.1, 0.15) is 23.9 Å². The summed E-state index contributed by atoms with van der Waals surface area (Å²) in [6, 6.07) is 10.5. The summed E-state index contributed by atoms with van der Waals surface area (Å²) in [5.41, 5.74) is 7.61. The maximum absolute atomic E-state index is 13.5. The van der Waals surface area contributed by atoms with E-state index in [9.17, 15) is 47.4 Å². The molecule has 4 unspecified atom stereocenters. The van der Waals surface area contributed by atoms with E-state index >= 15 is 0 Å². The molecule has 0 aliphatic carbocycles. The number of carboxylic acids is 2. The van der Waals surface area contributed by atoms with Crippen molar-refractivity contribution in [3.63, 3.8) is 0 Å². The topological polar surface area (TPSA) is 237 Å². The first-order valence-electron chi connectivity index (χ1n) is 15.2. The number of carboxylic acid groups (broad SMARTS) is 2. The fourth-order valence-corrected chi connectivity index (χ4v) is 7.26. The molecule has 2 aromatic carbocycles. The number of nitrogens with one attached hydrogen (secondary N) is 4. The van der Waals surface area contributed by atoms with Crippen LogP contribution >= 0.6 is 21.6 Å². The number of benzene rings is 2. The van der Waals surface area contributed by atoms with Crippen LogP contribution in [-0.4, -0.2) is 97.3 Å². The van der Waals surface area contributed by atoms with Crippen LogP contribution in [0, 0.1) is 0 Å². The zero-order valence-electron chi connectivity index (χ0n) is 27.9. The van der Waals surface area contributed by atoms with Gasteiger partial charge in [-0.15, -0.1) is 0 Å². The number of carbonyl (C=O) groups is 6. The SMILES string of the molecule is CC1(C)SSC(C)(C)C(NC(=O)C(N)Cc2ccc(O)cc2)C(=O)NCC(=O)NC(Cc2ccccc2)C(=O)NC1C(=O)O.O=C(O)C(F)(F)F. The number of phenols is 1. The van der Waals surface area contributed by atoms with Gasteiger partial charge in [0.15, 0.2) is 0 Å². The lowest BCUT2D eigenvalue weighted by Crippen LogP contribution is -2.61. The smallest absolute Gasteiger partial charge is 0.490 e. The Morgan fingerprint density at radius 3 is 1.98 bits per heavy atom. The van der Waals surface area contributed by atoms with E-state index in [4.69, 9.17) is 15.6 Å². The molecule has 1 aliphatic heterocycles. The summed E-state index contributed by atoms with van der Waals surface area (Å²) >= 11 is 0. The lowest BCUT2D eigenvalue weighted by atomic mass is 10.00. The normalized spacial score (nSPS) is 21.6. The van der Waals surface area contributed by atoms with E-state index in [1.54, 1.807) is 70.2 Å². The third kappa shape index (κ3) is 13.6. The number of rotatable bonds is 7. The molecule has 0 bridgehead atoms. The number of nitrogens with two attached hydrogens (primary N) is 1. The Hall–Kier alpha value is -4.49. The third-order valence-electron chi connectivity index (χ3n) is 7.27. The second-order valence-electron chi connectivity index (χ2n) is 12.4. The van der Waals surface area contributed by atoms with Crippen LogP contribution in [0.2, 0.25) is 0 Å². The Kier molecular flexibility index (Phi) is 15.2. The van der Waals surface area contributed by atoms with Gasteiger partial charge < -0.3 is 42.3 Å². The van der Waals surface area contributed by atoms with E-state index in [1.807, 2.05) is 0 Å². The zero-order chi connectivity index (χ0) is 38.7. The molecule has 0 aromatic heterocycles. The van der Waals surface area contributed by atoms with Gasteiger partial charge in [0, 0.05) is 11.2 Å². The van der Waals surface area contributed by atoms with Crippen molar-refractivity contribution in [2.24, 2.45) is 5.73 Å². The van der Waals surface area contributed by atoms with Crippen molar-refractivity contribution in [2.75, 3.05) is 6.54 Å². The Morgan fingerprint density at radius 1 is 0.902 bits per heavy atom. The molecule has 2 aromatic rings. The fraction of sp³-hybridized carbons (Fsp3) is 0.438. The first-order valence-corrected chi connectivity index (χ1v) is 17.3. The summed E-state index contributed by atoms with van der Waals surface area (Å²) in [6.07, 6.45) is -4.85. The minimum atomic E-state index is -5.08. The summed E-state index contributed by atoms with van der Waals surface area (Å²) in [6.45, 7) is 6.21. The zero-order valence-corrected chi connectivity index (χ0v) is 29.6. The molecule has 280 valence electrons. The fourth-order valence-electron chi connectivity index (χ4n) is 4.44. The molecular weight excluding hydrogens is 720 g/mol. The van der Waals surface area contributed by atoms with Crippen LogP contribution < -0.4 is 27.0 Å². The highest BCUT2D eigenvalue weighted by Gasteiger charge is 2.44. The molecule has 4 atom stereocenters. The van der Waals surface area contributed by atoms with Crippen molar-refractivity contribution in [2.45, 2.75) is 80.4 Å². The van der Waals surface area contributed by atoms with E-state index in [0.717, 1.165) is 16.4 Å². The minimum absolute atomic E-state index is 0.0718. The van der Waals surface area contributed by atoms with Crippen LogP contribution in [0.4, 0.5) is 13.2 Å². The number of phenolic OH excluding ortho intramolecular Hbond substituents is 1. The molecule has 3 rings (SSSR count). The Balaban J connectivity index is 0.00000116. The van der Waals surface area contributed by atoms with Crippen molar-refractivity contribution >= 4 is 57.2 Å². The average molecular weight is 760 g/mol. The van der Waals surface area contributed by atoms with Crippen LogP contribution in [-0.2, 0) is 41.6 Å². The summed E-state index contributed by atoms with van der Waals surface area (Å²) < 4.78 is 29.6. The van der Waals surface area contributed by atoms with Crippen LogP contribution in [0.3, 0.4) is 0 Å². The van der Waals surface area contributed by atoms with Crippen molar-refractivity contribution in [3.05, 3.63) is 65.7 Å². The molecule has 14 nitrogen and oxygen atoms in total. The molecule has 0 saturated carbocycles. The second kappa shape index (κ2) is 18.1. The van der Waals surface area contributed by atoms with E-state index in [0.29, 0.717) is 5.56 Å². The van der Waals surface area contributed by atoms with Gasteiger partial charge >= 0.3 is 18.1 Å². The van der Waals surface area contributed by atoms with Gasteiger partial charge in [0.25, 0.3) is 0 Å². The standard InChI is InChI=1S/C30H39N5O7S2.C2HF3O2/c1-29(2)23(34-25(38)20(31)14-18-10-12-19(36)13-11-18)27(40)32-16-22(37)33-21(15-17-8-6-5-7-9-17)26(39)35-24(28(41)42)30(3,4)44-43-29;3-2(4,5)1(6)7/h5-13,20-21,23-24,36H,14-16,31H2,1-4H3,(H,32,40)(H,33,37)(H,34,38)(H,35,39)(H,41,42);(H,6,7). The van der Waals surface area contributed by atoms with Crippen molar-refractivity contribution < 1.29 is 57.3 Å². The molecule has 19 heteroatoms.